The number of nitrogens with zero attached hydrogens (tertiary/aromatic N) is 2. The molecular formula is C16H16FN3O. The summed E-state index contributed by atoms with van der Waals surface area (Å²) in [6.07, 6.45) is 0. The molecule has 0 atom stereocenters. The zero-order chi connectivity index (χ0) is 14.8. The lowest BCUT2D eigenvalue weighted by Crippen LogP contribution is -2.18. The van der Waals surface area contributed by atoms with Crippen LogP contribution in [0.2, 0.25) is 0 Å². The molecule has 2 aromatic carbocycles. The van der Waals surface area contributed by atoms with Crippen molar-refractivity contribution < 1.29 is 9.60 Å². The maximum atomic E-state index is 14.1. The molecular weight excluding hydrogens is 269 g/mol. The number of nitrogens with two attached hydrogens (primary N) is 1. The normalized spacial score (nSPS) is 15.2. The van der Waals surface area contributed by atoms with Crippen LogP contribution in [-0.4, -0.2) is 15.9 Å². The van der Waals surface area contributed by atoms with Crippen molar-refractivity contribution in [3.8, 4) is 0 Å². The van der Waals surface area contributed by atoms with Gasteiger partial charge in [0.25, 0.3) is 0 Å². The summed E-state index contributed by atoms with van der Waals surface area (Å²) in [5, 5.41) is 11.5. The minimum atomic E-state index is -0.338. The van der Waals surface area contributed by atoms with Gasteiger partial charge < -0.3 is 10.9 Å². The lowest BCUT2D eigenvalue weighted by molar-refractivity contribution is 0.271. The van der Waals surface area contributed by atoms with E-state index in [2.05, 4.69) is 22.2 Å². The molecule has 0 saturated carbocycles. The molecule has 0 aliphatic carbocycles. The number of benzene rings is 2. The molecule has 0 saturated heterocycles. The Morgan fingerprint density at radius 2 is 1.86 bits per heavy atom. The summed E-state index contributed by atoms with van der Waals surface area (Å²) in [6.45, 7) is 2.20. The molecule has 5 heteroatoms. The summed E-state index contributed by atoms with van der Waals surface area (Å²) in [6, 6.07) is 12.9. The van der Waals surface area contributed by atoms with Crippen molar-refractivity contribution in [3.63, 3.8) is 0 Å². The Morgan fingerprint density at radius 3 is 2.43 bits per heavy atom. The summed E-state index contributed by atoms with van der Waals surface area (Å²) in [5.74, 6) is -0.427. The van der Waals surface area contributed by atoms with Gasteiger partial charge in [0.2, 0.25) is 0 Å². The van der Waals surface area contributed by atoms with E-state index in [0.29, 0.717) is 17.7 Å². The van der Waals surface area contributed by atoms with Crippen molar-refractivity contribution in [1.29, 1.82) is 0 Å². The van der Waals surface area contributed by atoms with Crippen LogP contribution in [0.1, 0.15) is 22.3 Å². The van der Waals surface area contributed by atoms with E-state index >= 15 is 0 Å². The van der Waals surface area contributed by atoms with Crippen molar-refractivity contribution in [1.82, 2.24) is 4.90 Å². The Balaban J connectivity index is 1.75. The largest absolute Gasteiger partial charge is 0.409 e. The Morgan fingerprint density at radius 1 is 1.19 bits per heavy atom. The van der Waals surface area contributed by atoms with Gasteiger partial charge in [-0.05, 0) is 17.2 Å². The van der Waals surface area contributed by atoms with Gasteiger partial charge in [0.05, 0.1) is 0 Å². The third-order valence-corrected chi connectivity index (χ3v) is 3.76. The van der Waals surface area contributed by atoms with Crippen LogP contribution < -0.4 is 5.73 Å². The van der Waals surface area contributed by atoms with Crippen LogP contribution >= 0.6 is 0 Å². The van der Waals surface area contributed by atoms with Crippen molar-refractivity contribution in [2.24, 2.45) is 10.9 Å². The molecule has 1 heterocycles. The number of halogens is 1. The van der Waals surface area contributed by atoms with Crippen LogP contribution in [0.15, 0.2) is 47.6 Å². The average Bonchev–Trinajstić information content (AvgIpc) is 2.90. The van der Waals surface area contributed by atoms with Gasteiger partial charge in [-0.15, -0.1) is 0 Å². The first-order chi connectivity index (χ1) is 10.2. The predicted molar refractivity (Wildman–Crippen MR) is 78.3 cm³/mol. The van der Waals surface area contributed by atoms with E-state index in [1.54, 1.807) is 12.1 Å². The Hall–Kier alpha value is -2.40. The van der Waals surface area contributed by atoms with Gasteiger partial charge in [-0.2, -0.15) is 0 Å². The predicted octanol–water partition coefficient (Wildman–Crippen LogP) is 2.44. The maximum Gasteiger partial charge on any atom is 0.170 e. The highest BCUT2D eigenvalue weighted by Crippen LogP contribution is 2.24. The highest BCUT2D eigenvalue weighted by Gasteiger charge is 2.19. The Bertz CT molecular complexity index is 675. The van der Waals surface area contributed by atoms with Gasteiger partial charge in [-0.25, -0.2) is 4.39 Å². The lowest BCUT2D eigenvalue weighted by Gasteiger charge is -2.15. The first-order valence-electron chi connectivity index (χ1n) is 6.73. The topological polar surface area (TPSA) is 61.9 Å². The Labute approximate surface area is 122 Å². The monoisotopic (exact) mass is 285 g/mol. The van der Waals surface area contributed by atoms with E-state index in [1.807, 2.05) is 12.1 Å². The molecule has 21 heavy (non-hydrogen) atoms. The number of hydrogen-bond donors (Lipinski definition) is 2. The second-order valence-electron chi connectivity index (χ2n) is 5.21. The fourth-order valence-corrected chi connectivity index (χ4v) is 2.65. The van der Waals surface area contributed by atoms with Crippen LogP contribution in [0.3, 0.4) is 0 Å². The summed E-state index contributed by atoms with van der Waals surface area (Å²) in [7, 11) is 0. The summed E-state index contributed by atoms with van der Waals surface area (Å²) >= 11 is 0. The molecule has 0 bridgehead atoms. The van der Waals surface area contributed by atoms with E-state index in [1.165, 1.54) is 17.2 Å². The Kier molecular flexibility index (Phi) is 3.58. The fourth-order valence-electron chi connectivity index (χ4n) is 2.65. The molecule has 0 radical (unpaired) electrons. The molecule has 1 aliphatic heterocycles. The highest BCUT2D eigenvalue weighted by molar-refractivity contribution is 5.97. The van der Waals surface area contributed by atoms with Crippen LogP contribution in [-0.2, 0) is 19.6 Å². The molecule has 3 N–H and O–H groups in total. The van der Waals surface area contributed by atoms with Crippen molar-refractivity contribution >= 4 is 5.84 Å². The van der Waals surface area contributed by atoms with Gasteiger partial charge in [0.1, 0.15) is 5.82 Å². The molecule has 108 valence electrons. The number of rotatable bonds is 3. The SMILES string of the molecule is NC(=NO)c1ccc(CN2Cc3ccccc3C2)c(F)c1. The summed E-state index contributed by atoms with van der Waals surface area (Å²) in [5.41, 5.74) is 9.04. The van der Waals surface area contributed by atoms with Crippen molar-refractivity contribution in [3.05, 3.63) is 70.5 Å². The van der Waals surface area contributed by atoms with Crippen LogP contribution in [0.4, 0.5) is 4.39 Å². The summed E-state index contributed by atoms with van der Waals surface area (Å²) in [4.78, 5) is 2.19. The molecule has 0 amide bonds. The van der Waals surface area contributed by atoms with Crippen LogP contribution in [0.25, 0.3) is 0 Å². The first-order valence-corrected chi connectivity index (χ1v) is 6.73. The van der Waals surface area contributed by atoms with E-state index in [-0.39, 0.29) is 11.7 Å². The summed E-state index contributed by atoms with van der Waals surface area (Å²) < 4.78 is 14.1. The smallest absolute Gasteiger partial charge is 0.170 e. The third kappa shape index (κ3) is 2.73. The van der Waals surface area contributed by atoms with E-state index in [4.69, 9.17) is 10.9 Å². The van der Waals surface area contributed by atoms with Gasteiger partial charge in [-0.3, -0.25) is 4.90 Å². The minimum absolute atomic E-state index is 0.0889. The average molecular weight is 285 g/mol. The molecule has 3 rings (SSSR count). The molecule has 0 spiro atoms. The second kappa shape index (κ2) is 5.54. The molecule has 0 aromatic heterocycles. The molecule has 2 aromatic rings. The van der Waals surface area contributed by atoms with E-state index < -0.39 is 0 Å². The van der Waals surface area contributed by atoms with Crippen molar-refractivity contribution in [2.75, 3.05) is 0 Å². The van der Waals surface area contributed by atoms with Gasteiger partial charge in [0.15, 0.2) is 5.84 Å². The highest BCUT2D eigenvalue weighted by atomic mass is 19.1. The first kappa shape index (κ1) is 13.6. The molecule has 0 unspecified atom stereocenters. The number of hydrogen-bond acceptors (Lipinski definition) is 3. The van der Waals surface area contributed by atoms with Gasteiger partial charge in [0, 0.05) is 30.8 Å². The third-order valence-electron chi connectivity index (χ3n) is 3.76. The number of oxime groups is 1. The number of fused-ring (bicyclic) bond motifs is 1. The molecule has 4 nitrogen and oxygen atoms in total. The minimum Gasteiger partial charge on any atom is -0.409 e. The number of amidine groups is 1. The second-order valence-corrected chi connectivity index (χ2v) is 5.21. The van der Waals surface area contributed by atoms with Gasteiger partial charge >= 0.3 is 0 Å². The van der Waals surface area contributed by atoms with Crippen LogP contribution in [0, 0.1) is 5.82 Å². The zero-order valence-electron chi connectivity index (χ0n) is 11.5. The zero-order valence-corrected chi connectivity index (χ0v) is 11.5. The van der Waals surface area contributed by atoms with Crippen molar-refractivity contribution in [2.45, 2.75) is 19.6 Å². The van der Waals surface area contributed by atoms with E-state index in [9.17, 15) is 4.39 Å². The standard InChI is InChI=1S/C16H16FN3O/c17-15-7-11(16(18)19-21)5-6-14(15)10-20-8-12-3-1-2-4-13(12)9-20/h1-7,21H,8-10H2,(H2,18,19). The van der Waals surface area contributed by atoms with Gasteiger partial charge in [-0.1, -0.05) is 41.6 Å². The van der Waals surface area contributed by atoms with E-state index in [0.717, 1.165) is 13.1 Å². The molecule has 1 aliphatic rings. The van der Waals surface area contributed by atoms with Crippen LogP contribution in [0.5, 0.6) is 0 Å². The maximum absolute atomic E-state index is 14.1. The lowest BCUT2D eigenvalue weighted by atomic mass is 10.1. The molecule has 0 fully saturated rings. The quantitative estimate of drug-likeness (QED) is 0.394. The fraction of sp³-hybridized carbons (Fsp3) is 0.188.